The first-order valence-corrected chi connectivity index (χ1v) is 9.89. The summed E-state index contributed by atoms with van der Waals surface area (Å²) in [7, 11) is 0. The Morgan fingerprint density at radius 3 is 1.93 bits per heavy atom. The van der Waals surface area contributed by atoms with Crippen LogP contribution in [-0.4, -0.2) is 4.98 Å². The van der Waals surface area contributed by atoms with E-state index < -0.39 is 0 Å². The Kier molecular flexibility index (Phi) is 3.11. The summed E-state index contributed by atoms with van der Waals surface area (Å²) in [6.07, 6.45) is 1.88. The van der Waals surface area contributed by atoms with E-state index in [1.54, 1.807) is 0 Å². The van der Waals surface area contributed by atoms with Crippen LogP contribution in [0.25, 0.3) is 54.0 Å². The minimum atomic E-state index is 1.04. The van der Waals surface area contributed by atoms with Gasteiger partial charge in [-0.15, -0.1) is 11.3 Å². The van der Waals surface area contributed by atoms with Gasteiger partial charge in [0.25, 0.3) is 0 Å². The van der Waals surface area contributed by atoms with Crippen molar-refractivity contribution in [1.29, 1.82) is 0 Å². The van der Waals surface area contributed by atoms with Crippen molar-refractivity contribution in [1.82, 2.24) is 4.98 Å². The molecule has 1 aliphatic carbocycles. The molecule has 3 aromatic carbocycles. The Balaban J connectivity index is 1.86. The van der Waals surface area contributed by atoms with Crippen LogP contribution in [0.15, 0.2) is 91.1 Å². The molecule has 0 spiro atoms. The van der Waals surface area contributed by atoms with Gasteiger partial charge in [-0.25, -0.2) is 0 Å². The molecule has 0 N–H and O–H groups in total. The molecule has 0 saturated carbocycles. The van der Waals surface area contributed by atoms with Gasteiger partial charge in [-0.1, -0.05) is 66.7 Å². The van der Waals surface area contributed by atoms with Crippen molar-refractivity contribution in [2.75, 3.05) is 0 Å². The fraction of sp³-hybridized carbons (Fsp3) is 0. The number of fused-ring (bicyclic) bond motifs is 5. The molecular weight excluding hydrogens is 346 g/mol. The van der Waals surface area contributed by atoms with Crippen LogP contribution in [0.4, 0.5) is 0 Å². The quantitative estimate of drug-likeness (QED) is 0.300. The van der Waals surface area contributed by atoms with E-state index in [4.69, 9.17) is 0 Å². The van der Waals surface area contributed by atoms with E-state index in [0.717, 1.165) is 5.69 Å². The van der Waals surface area contributed by atoms with Crippen LogP contribution in [0.5, 0.6) is 0 Å². The smallest absolute Gasteiger partial charge is 0.0808 e. The Morgan fingerprint density at radius 1 is 0.556 bits per heavy atom. The van der Waals surface area contributed by atoms with Gasteiger partial charge in [0, 0.05) is 21.8 Å². The molecule has 126 valence electrons. The summed E-state index contributed by atoms with van der Waals surface area (Å²) < 4.78 is 1.31. The Labute approximate surface area is 161 Å². The standard InChI is InChI=1S/C25H15NS/c1-2-9-17-16(8-1)18-10-3-4-11-20(18)24-23-19(17)12-7-14-22(23)27-25(24)21-13-5-6-15-26-21/h1-15H. The van der Waals surface area contributed by atoms with Gasteiger partial charge in [-0.05, 0) is 46.0 Å². The molecule has 0 fully saturated rings. The van der Waals surface area contributed by atoms with E-state index in [1.807, 2.05) is 23.6 Å². The fourth-order valence-corrected chi connectivity index (χ4v) is 5.42. The predicted octanol–water partition coefficient (Wildman–Crippen LogP) is 7.28. The van der Waals surface area contributed by atoms with Gasteiger partial charge in [0.15, 0.2) is 0 Å². The van der Waals surface area contributed by atoms with Gasteiger partial charge in [0.1, 0.15) is 0 Å². The summed E-state index contributed by atoms with van der Waals surface area (Å²) in [6.45, 7) is 0. The molecule has 2 heterocycles. The second-order valence-corrected chi connectivity index (χ2v) is 7.84. The van der Waals surface area contributed by atoms with Gasteiger partial charge < -0.3 is 0 Å². The summed E-state index contributed by atoms with van der Waals surface area (Å²) in [6, 6.07) is 30.3. The van der Waals surface area contributed by atoms with Gasteiger partial charge in [-0.2, -0.15) is 0 Å². The van der Waals surface area contributed by atoms with Crippen molar-refractivity contribution in [3.63, 3.8) is 0 Å². The van der Waals surface area contributed by atoms with Gasteiger partial charge in [-0.3, -0.25) is 4.98 Å². The third-order valence-electron chi connectivity index (χ3n) is 5.32. The number of benzene rings is 3. The van der Waals surface area contributed by atoms with E-state index in [0.29, 0.717) is 0 Å². The van der Waals surface area contributed by atoms with Crippen LogP contribution in [0.3, 0.4) is 0 Å². The molecule has 0 unspecified atom stereocenters. The predicted molar refractivity (Wildman–Crippen MR) is 115 cm³/mol. The fourth-order valence-electron chi connectivity index (χ4n) is 4.20. The average Bonchev–Trinajstić information content (AvgIpc) is 3.08. The Bertz CT molecular complexity index is 1320. The van der Waals surface area contributed by atoms with E-state index in [1.165, 1.54) is 48.3 Å². The number of hydrogen-bond acceptors (Lipinski definition) is 2. The van der Waals surface area contributed by atoms with Gasteiger partial charge >= 0.3 is 0 Å². The van der Waals surface area contributed by atoms with E-state index in [-0.39, 0.29) is 0 Å². The van der Waals surface area contributed by atoms with Crippen molar-refractivity contribution in [2.45, 2.75) is 0 Å². The Morgan fingerprint density at radius 2 is 1.19 bits per heavy atom. The lowest BCUT2D eigenvalue weighted by atomic mass is 9.94. The highest BCUT2D eigenvalue weighted by atomic mass is 32.1. The molecular formula is C25H15NS. The van der Waals surface area contributed by atoms with Gasteiger partial charge in [0.05, 0.1) is 10.6 Å². The molecule has 1 nitrogen and oxygen atoms in total. The van der Waals surface area contributed by atoms with Crippen molar-refractivity contribution in [3.05, 3.63) is 91.1 Å². The first-order chi connectivity index (χ1) is 13.4. The van der Waals surface area contributed by atoms with Crippen LogP contribution in [0.1, 0.15) is 0 Å². The van der Waals surface area contributed by atoms with E-state index >= 15 is 0 Å². The molecule has 0 bridgehead atoms. The average molecular weight is 361 g/mol. The molecule has 6 rings (SSSR count). The summed E-state index contributed by atoms with van der Waals surface area (Å²) in [5.41, 5.74) is 8.86. The number of nitrogens with zero attached hydrogens (tertiary/aromatic N) is 1. The largest absolute Gasteiger partial charge is 0.255 e. The lowest BCUT2D eigenvalue weighted by Gasteiger charge is -2.11. The summed E-state index contributed by atoms with van der Waals surface area (Å²) in [5, 5.41) is 1.35. The second-order valence-electron chi connectivity index (χ2n) is 6.79. The highest BCUT2D eigenvalue weighted by Crippen LogP contribution is 2.53. The molecule has 0 radical (unpaired) electrons. The monoisotopic (exact) mass is 361 g/mol. The Hall–Kier alpha value is -3.23. The molecule has 0 atom stereocenters. The van der Waals surface area contributed by atoms with Crippen molar-refractivity contribution < 1.29 is 0 Å². The first-order valence-electron chi connectivity index (χ1n) is 9.08. The van der Waals surface area contributed by atoms with Crippen LogP contribution in [0, 0.1) is 0 Å². The highest BCUT2D eigenvalue weighted by molar-refractivity contribution is 7.23. The molecule has 2 heteroatoms. The van der Waals surface area contributed by atoms with Crippen LogP contribution < -0.4 is 0 Å². The number of thiophene rings is 1. The first kappa shape index (κ1) is 14.9. The molecule has 27 heavy (non-hydrogen) atoms. The minimum Gasteiger partial charge on any atom is -0.255 e. The van der Waals surface area contributed by atoms with Crippen LogP contribution in [0.2, 0.25) is 0 Å². The van der Waals surface area contributed by atoms with Crippen LogP contribution in [-0.2, 0) is 0 Å². The molecule has 5 aromatic rings. The van der Waals surface area contributed by atoms with E-state index in [9.17, 15) is 0 Å². The summed E-state index contributed by atoms with van der Waals surface area (Å²) in [5.74, 6) is 0. The summed E-state index contributed by atoms with van der Waals surface area (Å²) in [4.78, 5) is 5.92. The summed E-state index contributed by atoms with van der Waals surface area (Å²) >= 11 is 1.84. The van der Waals surface area contributed by atoms with Crippen molar-refractivity contribution in [3.8, 4) is 44.0 Å². The number of aromatic nitrogens is 1. The number of rotatable bonds is 1. The maximum atomic E-state index is 4.67. The van der Waals surface area contributed by atoms with Crippen LogP contribution >= 0.6 is 11.3 Å². The lowest BCUT2D eigenvalue weighted by molar-refractivity contribution is 1.34. The molecule has 0 saturated heterocycles. The second kappa shape index (κ2) is 5.63. The normalized spacial score (nSPS) is 11.7. The molecule has 0 amide bonds. The molecule has 1 aliphatic rings. The number of hydrogen-bond donors (Lipinski definition) is 0. The third kappa shape index (κ3) is 2.08. The lowest BCUT2D eigenvalue weighted by Crippen LogP contribution is -1.86. The van der Waals surface area contributed by atoms with Crippen molar-refractivity contribution >= 4 is 21.4 Å². The van der Waals surface area contributed by atoms with Crippen molar-refractivity contribution in [2.24, 2.45) is 0 Å². The zero-order valence-corrected chi connectivity index (χ0v) is 15.3. The topological polar surface area (TPSA) is 12.9 Å². The van der Waals surface area contributed by atoms with E-state index in [2.05, 4.69) is 83.8 Å². The zero-order valence-electron chi connectivity index (χ0n) is 14.5. The SMILES string of the molecule is c1ccc(-c2sc3cccc4c3c2-c2ccccc2-c2ccccc2-4)nc1. The maximum absolute atomic E-state index is 4.67. The third-order valence-corrected chi connectivity index (χ3v) is 6.49. The zero-order chi connectivity index (χ0) is 17.8. The maximum Gasteiger partial charge on any atom is 0.0808 e. The minimum absolute atomic E-state index is 1.04. The highest BCUT2D eigenvalue weighted by Gasteiger charge is 2.25. The molecule has 2 aromatic heterocycles. The van der Waals surface area contributed by atoms with Gasteiger partial charge in [0.2, 0.25) is 0 Å². The molecule has 0 aliphatic heterocycles. The number of pyridine rings is 1.